The van der Waals surface area contributed by atoms with Gasteiger partial charge in [0.25, 0.3) is 0 Å². The van der Waals surface area contributed by atoms with Gasteiger partial charge in [-0.25, -0.2) is 0 Å². The van der Waals surface area contributed by atoms with Crippen LogP contribution < -0.4 is 14.8 Å². The molecule has 0 radical (unpaired) electrons. The molecule has 0 aliphatic carbocycles. The molecule has 0 aliphatic rings. The molecule has 0 bridgehead atoms. The lowest BCUT2D eigenvalue weighted by Crippen LogP contribution is -2.07. The van der Waals surface area contributed by atoms with Crippen LogP contribution in [0.2, 0.25) is 0 Å². The number of methoxy groups -OCH3 is 1. The molecule has 27 heavy (non-hydrogen) atoms. The average Bonchev–Trinajstić information content (AvgIpc) is 2.72. The minimum Gasteiger partial charge on any atom is -0.496 e. The largest absolute Gasteiger partial charge is 0.496 e. The first-order valence-electron chi connectivity index (χ1n) is 8.63. The van der Waals surface area contributed by atoms with Gasteiger partial charge in [-0.1, -0.05) is 48.5 Å². The van der Waals surface area contributed by atoms with Crippen LogP contribution in [-0.4, -0.2) is 13.0 Å². The third kappa shape index (κ3) is 5.47. The molecule has 3 aromatic rings. The van der Waals surface area contributed by atoms with Crippen LogP contribution in [-0.2, 0) is 11.4 Å². The van der Waals surface area contributed by atoms with Crippen molar-refractivity contribution in [2.24, 2.45) is 0 Å². The minimum absolute atomic E-state index is 0.209. The lowest BCUT2D eigenvalue weighted by molar-refractivity contribution is -0.111. The highest BCUT2D eigenvalue weighted by molar-refractivity contribution is 6.02. The first-order valence-corrected chi connectivity index (χ1v) is 8.63. The summed E-state index contributed by atoms with van der Waals surface area (Å²) in [6, 6.07) is 24.8. The number of anilines is 1. The van der Waals surface area contributed by atoms with E-state index in [0.717, 1.165) is 22.6 Å². The fraction of sp³-hybridized carbons (Fsp3) is 0.0870. The number of rotatable bonds is 7. The van der Waals surface area contributed by atoms with E-state index in [2.05, 4.69) is 5.32 Å². The third-order valence-corrected chi connectivity index (χ3v) is 3.92. The van der Waals surface area contributed by atoms with Crippen molar-refractivity contribution in [1.29, 1.82) is 0 Å². The normalized spacial score (nSPS) is 10.6. The first kappa shape index (κ1) is 18.3. The van der Waals surface area contributed by atoms with Gasteiger partial charge in [-0.15, -0.1) is 0 Å². The Morgan fingerprint density at radius 1 is 0.926 bits per heavy atom. The second kappa shape index (κ2) is 9.25. The molecule has 0 fully saturated rings. The molecular formula is C23H21NO3. The van der Waals surface area contributed by atoms with E-state index >= 15 is 0 Å². The fourth-order valence-corrected chi connectivity index (χ4v) is 2.53. The second-order valence-corrected chi connectivity index (χ2v) is 5.86. The molecule has 1 N–H and O–H groups in total. The molecule has 4 nitrogen and oxygen atoms in total. The van der Waals surface area contributed by atoms with Gasteiger partial charge in [-0.2, -0.15) is 0 Å². The van der Waals surface area contributed by atoms with Gasteiger partial charge in [0.05, 0.1) is 7.11 Å². The summed E-state index contributed by atoms with van der Waals surface area (Å²) in [6.07, 6.45) is 3.21. The number of carbonyl (C=O) groups excluding carboxylic acids is 1. The summed E-state index contributed by atoms with van der Waals surface area (Å²) in [5, 5.41) is 2.83. The van der Waals surface area contributed by atoms with E-state index in [-0.39, 0.29) is 5.91 Å². The molecule has 1 amide bonds. The molecule has 0 atom stereocenters. The summed E-state index contributed by atoms with van der Waals surface area (Å²) in [5.74, 6) is 1.27. The highest BCUT2D eigenvalue weighted by Gasteiger charge is 2.02. The SMILES string of the molecule is COc1ccccc1C=CC(=O)Nc1ccc(OCc2ccccc2)cc1. The van der Waals surface area contributed by atoms with Crippen LogP contribution in [0, 0.1) is 0 Å². The number of amides is 1. The van der Waals surface area contributed by atoms with Crippen molar-refractivity contribution in [2.75, 3.05) is 12.4 Å². The summed E-state index contributed by atoms with van der Waals surface area (Å²) in [6.45, 7) is 0.508. The zero-order chi connectivity index (χ0) is 18.9. The molecule has 0 spiro atoms. The topological polar surface area (TPSA) is 47.6 Å². The van der Waals surface area contributed by atoms with Crippen LogP contribution in [0.5, 0.6) is 11.5 Å². The van der Waals surface area contributed by atoms with E-state index in [0.29, 0.717) is 12.3 Å². The van der Waals surface area contributed by atoms with E-state index in [1.165, 1.54) is 6.08 Å². The Hall–Kier alpha value is -3.53. The van der Waals surface area contributed by atoms with Gasteiger partial charge in [-0.05, 0) is 42.0 Å². The van der Waals surface area contributed by atoms with Crippen molar-refractivity contribution in [1.82, 2.24) is 0 Å². The van der Waals surface area contributed by atoms with Crippen molar-refractivity contribution >= 4 is 17.7 Å². The van der Waals surface area contributed by atoms with Crippen molar-refractivity contribution in [3.05, 3.63) is 96.1 Å². The van der Waals surface area contributed by atoms with Crippen molar-refractivity contribution in [3.63, 3.8) is 0 Å². The molecule has 4 heteroatoms. The molecule has 3 rings (SSSR count). The van der Waals surface area contributed by atoms with Gasteiger partial charge in [0.2, 0.25) is 5.91 Å². The Labute approximate surface area is 159 Å². The van der Waals surface area contributed by atoms with Gasteiger partial charge in [0.1, 0.15) is 18.1 Å². The summed E-state index contributed by atoms with van der Waals surface area (Å²) in [4.78, 5) is 12.1. The van der Waals surface area contributed by atoms with Crippen molar-refractivity contribution in [3.8, 4) is 11.5 Å². The maximum absolute atomic E-state index is 12.1. The van der Waals surface area contributed by atoms with E-state index in [4.69, 9.17) is 9.47 Å². The zero-order valence-corrected chi connectivity index (χ0v) is 15.1. The number of para-hydroxylation sites is 1. The van der Waals surface area contributed by atoms with E-state index in [9.17, 15) is 4.79 Å². The fourth-order valence-electron chi connectivity index (χ4n) is 2.53. The standard InChI is InChI=1S/C23H21NO3/c1-26-22-10-6-5-9-19(22)11-16-23(25)24-20-12-14-21(15-13-20)27-17-18-7-3-2-4-8-18/h2-16H,17H2,1H3,(H,24,25). The highest BCUT2D eigenvalue weighted by atomic mass is 16.5. The maximum atomic E-state index is 12.1. The van der Waals surface area contributed by atoms with Crippen LogP contribution in [0.3, 0.4) is 0 Å². The number of hydrogen-bond donors (Lipinski definition) is 1. The van der Waals surface area contributed by atoms with Crippen molar-refractivity contribution in [2.45, 2.75) is 6.61 Å². The lowest BCUT2D eigenvalue weighted by Gasteiger charge is -2.08. The zero-order valence-electron chi connectivity index (χ0n) is 15.1. The van der Waals surface area contributed by atoms with Gasteiger partial charge >= 0.3 is 0 Å². The van der Waals surface area contributed by atoms with E-state index < -0.39 is 0 Å². The minimum atomic E-state index is -0.209. The smallest absolute Gasteiger partial charge is 0.248 e. The number of benzene rings is 3. The summed E-state index contributed by atoms with van der Waals surface area (Å²) >= 11 is 0. The van der Waals surface area contributed by atoms with Gasteiger partial charge < -0.3 is 14.8 Å². The Bertz CT molecular complexity index is 902. The number of hydrogen-bond acceptors (Lipinski definition) is 3. The molecule has 0 saturated carbocycles. The lowest BCUT2D eigenvalue weighted by atomic mass is 10.2. The summed E-state index contributed by atoms with van der Waals surface area (Å²) < 4.78 is 11.0. The molecule has 0 saturated heterocycles. The monoisotopic (exact) mass is 359 g/mol. The molecule has 0 aliphatic heterocycles. The predicted molar refractivity (Wildman–Crippen MR) is 108 cm³/mol. The number of ether oxygens (including phenoxy) is 2. The van der Waals surface area contributed by atoms with E-state index in [1.807, 2.05) is 78.9 Å². The summed E-state index contributed by atoms with van der Waals surface area (Å²) in [5.41, 5.74) is 2.66. The molecular weight excluding hydrogens is 338 g/mol. The van der Waals surface area contributed by atoms with Crippen LogP contribution >= 0.6 is 0 Å². The number of nitrogens with one attached hydrogen (secondary N) is 1. The molecule has 136 valence electrons. The van der Waals surface area contributed by atoms with Gasteiger partial charge in [-0.3, -0.25) is 4.79 Å². The van der Waals surface area contributed by atoms with E-state index in [1.54, 1.807) is 13.2 Å². The summed E-state index contributed by atoms with van der Waals surface area (Å²) in [7, 11) is 1.61. The Morgan fingerprint density at radius 2 is 1.63 bits per heavy atom. The van der Waals surface area contributed by atoms with Gasteiger partial charge in [0, 0.05) is 17.3 Å². The average molecular weight is 359 g/mol. The maximum Gasteiger partial charge on any atom is 0.248 e. The molecule has 0 heterocycles. The van der Waals surface area contributed by atoms with Crippen LogP contribution in [0.25, 0.3) is 6.08 Å². The Kier molecular flexibility index (Phi) is 6.26. The predicted octanol–water partition coefficient (Wildman–Crippen LogP) is 4.93. The first-order chi connectivity index (χ1) is 13.2. The van der Waals surface area contributed by atoms with Crippen LogP contribution in [0.15, 0.2) is 84.9 Å². The molecule has 0 aromatic heterocycles. The van der Waals surface area contributed by atoms with Crippen molar-refractivity contribution < 1.29 is 14.3 Å². The molecule has 3 aromatic carbocycles. The van der Waals surface area contributed by atoms with Gasteiger partial charge in [0.15, 0.2) is 0 Å². The molecule has 0 unspecified atom stereocenters. The van der Waals surface area contributed by atoms with Crippen LogP contribution in [0.4, 0.5) is 5.69 Å². The Balaban J connectivity index is 1.54. The number of carbonyl (C=O) groups is 1. The highest BCUT2D eigenvalue weighted by Crippen LogP contribution is 2.19. The van der Waals surface area contributed by atoms with Crippen LogP contribution in [0.1, 0.15) is 11.1 Å². The Morgan fingerprint density at radius 3 is 2.37 bits per heavy atom. The second-order valence-electron chi connectivity index (χ2n) is 5.86. The third-order valence-electron chi connectivity index (χ3n) is 3.92. The quantitative estimate of drug-likeness (QED) is 0.609.